The van der Waals surface area contributed by atoms with Crippen molar-refractivity contribution in [1.29, 1.82) is 0 Å². The molecule has 354 valence electrons. The Labute approximate surface area is 395 Å². The number of alkyl carbamates (subject to hydrolysis) is 1. The summed E-state index contributed by atoms with van der Waals surface area (Å²) in [7, 11) is 0. The number of aromatic hydroxyl groups is 1. The Balaban J connectivity index is 0.777. The van der Waals surface area contributed by atoms with Crippen LogP contribution in [0.25, 0.3) is 10.9 Å². The molecule has 3 aliphatic heterocycles. The number of aromatic nitrogens is 1. The van der Waals surface area contributed by atoms with Gasteiger partial charge in [-0.25, -0.2) is 14.4 Å². The first-order valence-corrected chi connectivity index (χ1v) is 23.1. The molecule has 15 heteroatoms. The fraction of sp³-hybridized carbons (Fsp3) is 0.321. The Morgan fingerprint density at radius 3 is 2.31 bits per heavy atom. The van der Waals surface area contributed by atoms with Gasteiger partial charge in [-0.2, -0.15) is 0 Å². The molecule has 0 saturated carbocycles. The number of benzene rings is 5. The van der Waals surface area contributed by atoms with Gasteiger partial charge in [-0.05, 0) is 122 Å². The number of aromatic amines is 1. The number of nitrogens with one attached hydrogen (secondary N) is 4. The van der Waals surface area contributed by atoms with Gasteiger partial charge < -0.3 is 50.3 Å². The zero-order valence-electron chi connectivity index (χ0n) is 38.2. The number of piperidine rings is 3. The summed E-state index contributed by atoms with van der Waals surface area (Å²) in [5.41, 5.74) is 5.00. The number of ether oxygens (including phenoxy) is 3. The van der Waals surface area contributed by atoms with E-state index in [-0.39, 0.29) is 61.3 Å². The quantitative estimate of drug-likeness (QED) is 0.0464. The van der Waals surface area contributed by atoms with Gasteiger partial charge in [0, 0.05) is 42.8 Å². The molecule has 0 radical (unpaired) electrons. The lowest BCUT2D eigenvalue weighted by molar-refractivity contribution is -0.0336. The minimum Gasteiger partial charge on any atom is -0.506 e. The third-order valence-electron chi connectivity index (χ3n) is 12.6. The Hall–Kier alpha value is -7.20. The summed E-state index contributed by atoms with van der Waals surface area (Å²) < 4.78 is 17.7. The number of aliphatic hydroxyl groups is 1. The van der Waals surface area contributed by atoms with Gasteiger partial charge in [0.15, 0.2) is 0 Å². The molecule has 3 fully saturated rings. The van der Waals surface area contributed by atoms with Crippen LogP contribution in [-0.2, 0) is 22.6 Å². The molecule has 9 rings (SSSR count). The van der Waals surface area contributed by atoms with Gasteiger partial charge in [0.1, 0.15) is 30.8 Å². The lowest BCUT2D eigenvalue weighted by Crippen LogP contribution is -2.52. The van der Waals surface area contributed by atoms with Crippen molar-refractivity contribution in [1.82, 2.24) is 25.4 Å². The van der Waals surface area contributed by atoms with E-state index >= 15 is 0 Å². The van der Waals surface area contributed by atoms with Crippen LogP contribution in [0.2, 0.25) is 0 Å². The minimum absolute atomic E-state index is 0.00374. The van der Waals surface area contributed by atoms with Crippen molar-refractivity contribution in [2.24, 2.45) is 5.92 Å². The van der Waals surface area contributed by atoms with E-state index in [1.807, 2.05) is 92.7 Å². The van der Waals surface area contributed by atoms with Crippen molar-refractivity contribution < 1.29 is 38.8 Å². The molecule has 5 aromatic carbocycles. The van der Waals surface area contributed by atoms with E-state index in [0.717, 1.165) is 54.7 Å². The highest BCUT2D eigenvalue weighted by atomic mass is 16.6. The zero-order chi connectivity index (χ0) is 47.6. The average molecular weight is 923 g/mol. The largest absolute Gasteiger partial charge is 0.506 e. The van der Waals surface area contributed by atoms with Crippen molar-refractivity contribution >= 4 is 34.7 Å². The summed E-state index contributed by atoms with van der Waals surface area (Å²) in [6.07, 6.45) is 0.677. The van der Waals surface area contributed by atoms with Crippen LogP contribution < -0.4 is 26.2 Å². The number of hydrogen-bond acceptors (Lipinski definition) is 11. The van der Waals surface area contributed by atoms with Crippen LogP contribution in [0.3, 0.4) is 0 Å². The van der Waals surface area contributed by atoms with Crippen molar-refractivity contribution in [2.75, 3.05) is 44.6 Å². The molecule has 68 heavy (non-hydrogen) atoms. The molecule has 2 unspecified atom stereocenters. The number of amides is 3. The third kappa shape index (κ3) is 12.0. The second-order valence-corrected chi connectivity index (χ2v) is 17.6. The first kappa shape index (κ1) is 47.3. The first-order valence-electron chi connectivity index (χ1n) is 23.1. The number of aliphatic hydroxyl groups excluding tert-OH is 1. The maximum atomic E-state index is 13.3. The molecule has 15 nitrogen and oxygen atoms in total. The van der Waals surface area contributed by atoms with Crippen LogP contribution in [0, 0.1) is 5.92 Å². The van der Waals surface area contributed by atoms with E-state index in [2.05, 4.69) is 25.8 Å². The Morgan fingerprint density at radius 1 is 0.853 bits per heavy atom. The van der Waals surface area contributed by atoms with Gasteiger partial charge in [-0.1, -0.05) is 72.8 Å². The monoisotopic (exact) mass is 922 g/mol. The zero-order valence-corrected chi connectivity index (χ0v) is 38.2. The van der Waals surface area contributed by atoms with E-state index in [0.29, 0.717) is 40.4 Å². The maximum Gasteiger partial charge on any atom is 0.408 e. The number of H-pyrrole nitrogens is 1. The van der Waals surface area contributed by atoms with Gasteiger partial charge in [0.2, 0.25) is 5.56 Å². The predicted octanol–water partition coefficient (Wildman–Crippen LogP) is 7.65. The van der Waals surface area contributed by atoms with Gasteiger partial charge >= 0.3 is 18.1 Å². The highest BCUT2D eigenvalue weighted by Crippen LogP contribution is 2.32. The number of carbonyl (C=O) groups excluding carboxylic acids is 3. The van der Waals surface area contributed by atoms with E-state index in [9.17, 15) is 29.4 Å². The van der Waals surface area contributed by atoms with Gasteiger partial charge in [0.05, 0.1) is 29.8 Å². The van der Waals surface area contributed by atoms with Crippen LogP contribution in [0.4, 0.5) is 15.3 Å². The number of urea groups is 1. The highest BCUT2D eigenvalue weighted by Gasteiger charge is 2.37. The summed E-state index contributed by atoms with van der Waals surface area (Å²) in [4.78, 5) is 57.9. The second-order valence-electron chi connectivity index (χ2n) is 17.6. The number of rotatable bonds is 18. The number of esters is 1. The number of carbonyl (C=O) groups is 3. The topological polar surface area (TPSA) is 195 Å². The third-order valence-corrected chi connectivity index (χ3v) is 12.6. The molecule has 3 saturated heterocycles. The predicted molar refractivity (Wildman–Crippen MR) is 259 cm³/mol. The van der Waals surface area contributed by atoms with Gasteiger partial charge in [-0.15, -0.1) is 0 Å². The molecular weight excluding hydrogens is 865 g/mol. The number of phenols is 1. The van der Waals surface area contributed by atoms with E-state index in [4.69, 9.17) is 14.2 Å². The summed E-state index contributed by atoms with van der Waals surface area (Å²) in [5.74, 6) is 0.450. The molecule has 3 aliphatic rings. The van der Waals surface area contributed by atoms with E-state index < -0.39 is 24.2 Å². The molecule has 0 spiro atoms. The number of nitrogens with zero attached hydrogens (tertiary/aromatic N) is 2. The molecule has 3 amide bonds. The molecule has 4 heterocycles. The number of phenolic OH excluding ortho intramolecular Hbond substituents is 1. The molecule has 2 bridgehead atoms. The summed E-state index contributed by atoms with van der Waals surface area (Å²) in [6.45, 7) is 7.78. The van der Waals surface area contributed by atoms with Crippen molar-refractivity contribution in [2.45, 2.75) is 64.1 Å². The minimum atomic E-state index is -0.893. The smallest absolute Gasteiger partial charge is 0.408 e. The lowest BCUT2D eigenvalue weighted by atomic mass is 9.86. The number of pyridine rings is 1. The Morgan fingerprint density at radius 2 is 1.59 bits per heavy atom. The van der Waals surface area contributed by atoms with Crippen molar-refractivity contribution in [3.05, 3.63) is 171 Å². The van der Waals surface area contributed by atoms with Crippen LogP contribution in [0.1, 0.15) is 77.0 Å². The SMILES string of the molecule is CC(C)N(CCOC(=O)c1ccc(COc2cccc(C(NC(=O)O[C@H]3CN4CCC3CC4)c3ccccc3)c2)cc1)C(=O)Nc1ccc(CNCC(O)c2ccc(O)c3[nH]c(=O)ccc23)cc1. The summed E-state index contributed by atoms with van der Waals surface area (Å²) >= 11 is 0. The lowest BCUT2D eigenvalue weighted by Gasteiger charge is -2.43. The fourth-order valence-corrected chi connectivity index (χ4v) is 8.85. The average Bonchev–Trinajstić information content (AvgIpc) is 3.35. The van der Waals surface area contributed by atoms with E-state index in [1.165, 1.54) is 12.1 Å². The molecule has 0 aliphatic carbocycles. The van der Waals surface area contributed by atoms with Crippen LogP contribution in [-0.4, -0.2) is 94.6 Å². The van der Waals surface area contributed by atoms with Crippen LogP contribution in [0.5, 0.6) is 11.5 Å². The molecule has 3 atom stereocenters. The number of hydrogen-bond donors (Lipinski definition) is 6. The highest BCUT2D eigenvalue weighted by molar-refractivity contribution is 5.90. The molecule has 6 N–H and O–H groups in total. The fourth-order valence-electron chi connectivity index (χ4n) is 8.85. The summed E-state index contributed by atoms with van der Waals surface area (Å²) in [6, 6.07) is 36.8. The Kier molecular flexibility index (Phi) is 15.3. The molecule has 6 aromatic rings. The van der Waals surface area contributed by atoms with Crippen LogP contribution in [0.15, 0.2) is 132 Å². The van der Waals surface area contributed by atoms with Crippen molar-refractivity contribution in [3.8, 4) is 11.5 Å². The molecule has 1 aromatic heterocycles. The normalized spacial score (nSPS) is 17.3. The second kappa shape index (κ2) is 22.1. The van der Waals surface area contributed by atoms with E-state index in [1.54, 1.807) is 41.3 Å². The Bertz CT molecular complexity index is 2720. The summed E-state index contributed by atoms with van der Waals surface area (Å²) in [5, 5.41) is 30.8. The standard InChI is InChI=1S/C53H58N6O9/c1-34(2)59(52(64)55-41-17-13-35(14-18-41)30-54-31-46(61)43-19-21-45(60)50-44(43)20-22-48(62)56-50)27-28-66-51(63)39-15-11-36(12-16-39)33-67-42-10-6-9-40(29-42)49(38-7-4-3-5-8-38)57-53(65)68-47-32-58-25-23-37(47)24-26-58/h3-22,29,34,37,46-47,49,54,60-61H,23-28,30-33H2,1-2H3,(H,55,64)(H,56,62)(H,57,65)/t46?,47-,49?/m0/s1. The van der Waals surface area contributed by atoms with Gasteiger partial charge in [0.25, 0.3) is 0 Å². The number of fused-ring (bicyclic) bond motifs is 4. The maximum absolute atomic E-state index is 13.3. The van der Waals surface area contributed by atoms with Crippen LogP contribution >= 0.6 is 0 Å². The van der Waals surface area contributed by atoms with Gasteiger partial charge in [-0.3, -0.25) is 9.69 Å². The number of anilines is 1. The molecular formula is C53H58N6O9. The first-order chi connectivity index (χ1) is 33.0. The van der Waals surface area contributed by atoms with Crippen molar-refractivity contribution in [3.63, 3.8) is 0 Å².